The van der Waals surface area contributed by atoms with Crippen molar-refractivity contribution in [2.24, 2.45) is 0 Å². The van der Waals surface area contributed by atoms with Gasteiger partial charge in [0.05, 0.1) is 11.6 Å². The molecule has 0 atom stereocenters. The van der Waals surface area contributed by atoms with Gasteiger partial charge in [-0.2, -0.15) is 5.26 Å². The van der Waals surface area contributed by atoms with Gasteiger partial charge in [0.2, 0.25) is 0 Å². The van der Waals surface area contributed by atoms with Crippen LogP contribution < -0.4 is 4.74 Å². The Bertz CT molecular complexity index is 323. The molecule has 0 unspecified atom stereocenters. The summed E-state index contributed by atoms with van der Waals surface area (Å²) in [6, 6.07) is 9.18. The van der Waals surface area contributed by atoms with Crippen LogP contribution in [0.4, 0.5) is 0 Å². The molecule has 0 amide bonds. The Morgan fingerprint density at radius 1 is 1.15 bits per heavy atom. The lowest BCUT2D eigenvalue weighted by Crippen LogP contribution is -2.37. The third-order valence-corrected chi connectivity index (χ3v) is 1.41. The highest BCUT2D eigenvalue weighted by Crippen LogP contribution is 2.14. The van der Waals surface area contributed by atoms with E-state index in [1.54, 1.807) is 12.1 Å². The van der Waals surface area contributed by atoms with Gasteiger partial charge in [-0.25, -0.2) is 0 Å². The molecule has 0 saturated heterocycles. The average molecular weight is 169 g/mol. The lowest BCUT2D eigenvalue weighted by molar-refractivity contribution is 0.318. The van der Waals surface area contributed by atoms with Crippen molar-refractivity contribution in [2.45, 2.75) is 5.30 Å². The lowest BCUT2D eigenvalue weighted by Gasteiger charge is -2.21. The summed E-state index contributed by atoms with van der Waals surface area (Å²) in [6.07, 6.45) is 0. The van der Waals surface area contributed by atoms with Gasteiger partial charge in [-0.1, -0.05) is 0 Å². The molecule has 0 N–H and O–H groups in total. The SMILES string of the molecule is BC(B)(B)Oc1ccc(C#N)cc1. The molecule has 0 radical (unpaired) electrons. The zero-order valence-corrected chi connectivity index (χ0v) is 8.16. The topological polar surface area (TPSA) is 33.0 Å². The number of rotatable bonds is 2. The second kappa shape index (κ2) is 3.61. The van der Waals surface area contributed by atoms with Crippen LogP contribution in [0.15, 0.2) is 24.3 Å². The molecule has 62 valence electrons. The minimum atomic E-state index is -0.186. The van der Waals surface area contributed by atoms with Crippen LogP contribution in [-0.2, 0) is 0 Å². The fourth-order valence-electron chi connectivity index (χ4n) is 0.951. The number of benzene rings is 1. The molecule has 2 nitrogen and oxygen atoms in total. The highest BCUT2D eigenvalue weighted by atomic mass is 16.5. The number of nitrogens with zero attached hydrogens (tertiary/aromatic N) is 1. The second-order valence-electron chi connectivity index (χ2n) is 3.85. The summed E-state index contributed by atoms with van der Waals surface area (Å²) >= 11 is 0. The van der Waals surface area contributed by atoms with Crippen molar-refractivity contribution >= 4 is 23.5 Å². The Kier molecular flexibility index (Phi) is 2.72. The largest absolute Gasteiger partial charge is 0.514 e. The van der Waals surface area contributed by atoms with E-state index in [-0.39, 0.29) is 5.30 Å². The Morgan fingerprint density at radius 3 is 2.08 bits per heavy atom. The summed E-state index contributed by atoms with van der Waals surface area (Å²) < 4.78 is 5.59. The minimum Gasteiger partial charge on any atom is -0.514 e. The van der Waals surface area contributed by atoms with Crippen molar-refractivity contribution in [1.29, 1.82) is 5.26 Å². The van der Waals surface area contributed by atoms with Gasteiger partial charge < -0.3 is 4.74 Å². The second-order valence-corrected chi connectivity index (χ2v) is 3.85. The number of hydrogen-bond donors (Lipinski definition) is 0. The van der Waals surface area contributed by atoms with Crippen LogP contribution >= 0.6 is 0 Å². The van der Waals surface area contributed by atoms with Crippen LogP contribution in [0.5, 0.6) is 5.75 Å². The summed E-state index contributed by atoms with van der Waals surface area (Å²) in [7, 11) is 5.97. The fraction of sp³-hybridized carbons (Fsp3) is 0.125. The van der Waals surface area contributed by atoms with Crippen molar-refractivity contribution in [3.05, 3.63) is 29.8 Å². The van der Waals surface area contributed by atoms with E-state index in [9.17, 15) is 0 Å². The molecule has 1 aromatic rings. The predicted octanol–water partition coefficient (Wildman–Crippen LogP) is -1.55. The van der Waals surface area contributed by atoms with Crippen LogP contribution in [0, 0.1) is 11.3 Å². The molecule has 1 rings (SSSR count). The summed E-state index contributed by atoms with van der Waals surface area (Å²) in [5.74, 6) is 0.798. The van der Waals surface area contributed by atoms with Crippen molar-refractivity contribution in [3.8, 4) is 11.8 Å². The molecule has 0 aliphatic carbocycles. The van der Waals surface area contributed by atoms with Crippen LogP contribution in [-0.4, -0.2) is 28.8 Å². The van der Waals surface area contributed by atoms with Crippen LogP contribution in [0.2, 0.25) is 0 Å². The maximum Gasteiger partial charge on any atom is 0.135 e. The van der Waals surface area contributed by atoms with Crippen LogP contribution in [0.1, 0.15) is 5.56 Å². The molecule has 0 aliphatic rings. The smallest absolute Gasteiger partial charge is 0.135 e. The molecule has 0 heterocycles. The lowest BCUT2D eigenvalue weighted by atomic mass is 9.52. The Hall–Kier alpha value is -1.30. The van der Waals surface area contributed by atoms with Crippen LogP contribution in [0.3, 0.4) is 0 Å². The molecular formula is C8H10B3NO. The maximum absolute atomic E-state index is 8.57. The molecule has 13 heavy (non-hydrogen) atoms. The molecule has 0 fully saturated rings. The van der Waals surface area contributed by atoms with Gasteiger partial charge in [-0.3, -0.25) is 0 Å². The van der Waals surface area contributed by atoms with E-state index in [0.717, 1.165) is 5.75 Å². The maximum atomic E-state index is 8.57. The normalized spacial score (nSPS) is 10.4. The molecule has 5 heteroatoms. The zero-order valence-electron chi connectivity index (χ0n) is 8.16. The first-order valence-electron chi connectivity index (χ1n) is 4.20. The molecule has 0 bridgehead atoms. The quantitative estimate of drug-likeness (QED) is 0.501. The van der Waals surface area contributed by atoms with Gasteiger partial charge in [-0.15, -0.1) is 0 Å². The molecule has 1 aromatic carbocycles. The van der Waals surface area contributed by atoms with E-state index in [0.29, 0.717) is 5.56 Å². The van der Waals surface area contributed by atoms with E-state index >= 15 is 0 Å². The van der Waals surface area contributed by atoms with E-state index in [1.165, 1.54) is 0 Å². The summed E-state index contributed by atoms with van der Waals surface area (Å²) in [5.41, 5.74) is 0.654. The first kappa shape index (κ1) is 9.79. The van der Waals surface area contributed by atoms with Gasteiger partial charge >= 0.3 is 0 Å². The van der Waals surface area contributed by atoms with Crippen molar-refractivity contribution in [2.75, 3.05) is 0 Å². The minimum absolute atomic E-state index is 0.186. The number of ether oxygens (including phenoxy) is 1. The average Bonchev–Trinajstić information content (AvgIpc) is 2.03. The van der Waals surface area contributed by atoms with E-state index in [4.69, 9.17) is 10.00 Å². The number of nitriles is 1. The molecule has 0 aliphatic heterocycles. The number of hydrogen-bond acceptors (Lipinski definition) is 2. The van der Waals surface area contributed by atoms with Crippen molar-refractivity contribution < 1.29 is 4.74 Å². The van der Waals surface area contributed by atoms with Gasteiger partial charge in [0.25, 0.3) is 0 Å². The molecule has 0 aromatic heterocycles. The Balaban J connectivity index is 2.77. The van der Waals surface area contributed by atoms with Crippen molar-refractivity contribution in [1.82, 2.24) is 0 Å². The fourth-order valence-corrected chi connectivity index (χ4v) is 0.951. The summed E-state index contributed by atoms with van der Waals surface area (Å²) in [5, 5.41) is 8.38. The van der Waals surface area contributed by atoms with E-state index in [1.807, 2.05) is 35.7 Å². The first-order chi connectivity index (χ1) is 6.01. The standard InChI is InChI=1S/C8H10B3NO/c9-8(10,11)13-7-3-1-6(5-12)2-4-7/h1-4H,9-11H2. The van der Waals surface area contributed by atoms with Gasteiger partial charge in [0.15, 0.2) is 0 Å². The molecule has 0 saturated carbocycles. The molecular weight excluding hydrogens is 159 g/mol. The van der Waals surface area contributed by atoms with Gasteiger partial charge in [0, 0.05) is 5.30 Å². The Morgan fingerprint density at radius 2 is 1.69 bits per heavy atom. The van der Waals surface area contributed by atoms with Crippen LogP contribution in [0.25, 0.3) is 0 Å². The Labute approximate surface area is 81.1 Å². The molecule has 0 spiro atoms. The monoisotopic (exact) mass is 169 g/mol. The third kappa shape index (κ3) is 3.29. The van der Waals surface area contributed by atoms with Crippen molar-refractivity contribution in [3.63, 3.8) is 0 Å². The van der Waals surface area contributed by atoms with Gasteiger partial charge in [0.1, 0.15) is 29.3 Å². The summed E-state index contributed by atoms with van der Waals surface area (Å²) in [6.45, 7) is 0. The highest BCUT2D eigenvalue weighted by molar-refractivity contribution is 6.58. The van der Waals surface area contributed by atoms with E-state index < -0.39 is 0 Å². The first-order valence-corrected chi connectivity index (χ1v) is 4.20. The zero-order chi connectivity index (χ0) is 9.90. The highest BCUT2D eigenvalue weighted by Gasteiger charge is 2.11. The third-order valence-electron chi connectivity index (χ3n) is 1.41. The summed E-state index contributed by atoms with van der Waals surface area (Å²) in [4.78, 5) is 0. The van der Waals surface area contributed by atoms with Gasteiger partial charge in [-0.05, 0) is 24.3 Å². The predicted molar refractivity (Wildman–Crippen MR) is 60.1 cm³/mol. The van der Waals surface area contributed by atoms with E-state index in [2.05, 4.69) is 6.07 Å².